The van der Waals surface area contributed by atoms with Gasteiger partial charge in [0.15, 0.2) is 0 Å². The normalized spacial score (nSPS) is 6.40. The maximum absolute atomic E-state index is 10.3. The Morgan fingerprint density at radius 1 is 1.10 bits per heavy atom. The van der Waals surface area contributed by atoms with E-state index in [-0.39, 0.29) is 0 Å². The van der Waals surface area contributed by atoms with Crippen molar-refractivity contribution in [1.29, 1.82) is 0 Å². The van der Waals surface area contributed by atoms with Crippen LogP contribution >= 0.6 is 15.8 Å². The molecule has 0 aromatic carbocycles. The Balaban J connectivity index is 3.79. The molecule has 0 saturated carbocycles. The fourth-order valence-corrected chi connectivity index (χ4v) is 0.473. The summed E-state index contributed by atoms with van der Waals surface area (Å²) in [5.74, 6) is 3.93. The summed E-state index contributed by atoms with van der Waals surface area (Å²) in [5.41, 5.74) is 0. The summed E-state index contributed by atoms with van der Waals surface area (Å²) < 4.78 is 19.3. The van der Waals surface area contributed by atoms with E-state index in [1.165, 1.54) is 0 Å². The second-order valence-corrected chi connectivity index (χ2v) is 1.80. The summed E-state index contributed by atoms with van der Waals surface area (Å²) in [6.45, 7) is 0. The molecule has 0 radical (unpaired) electrons. The predicted octanol–water partition coefficient (Wildman–Crippen LogP) is 0.702. The van der Waals surface area contributed by atoms with Gasteiger partial charge in [-0.1, -0.05) is 0 Å². The Morgan fingerprint density at radius 2 is 1.50 bits per heavy atom. The summed E-state index contributed by atoms with van der Waals surface area (Å²) in [7, 11) is -0.841. The molecule has 0 aliphatic carbocycles. The first-order valence-corrected chi connectivity index (χ1v) is 3.64. The summed E-state index contributed by atoms with van der Waals surface area (Å²) in [6.07, 6.45) is 0. The van der Waals surface area contributed by atoms with Gasteiger partial charge in [0.05, 0.1) is 0 Å². The summed E-state index contributed by atoms with van der Waals surface area (Å²) in [5, 5.41) is 3.87. The molecule has 0 rings (SSSR count). The zero-order valence-corrected chi connectivity index (χ0v) is 6.41. The monoisotopic (exact) mass is 176 g/mol. The van der Waals surface area contributed by atoms with Gasteiger partial charge in [0, 0.05) is 0 Å². The summed E-state index contributed by atoms with van der Waals surface area (Å²) in [6, 6.07) is -0.688. The first kappa shape index (κ1) is 9.29. The SMILES string of the molecule is O=P#CNC(=O)NC#P=O. The first-order valence-electron chi connectivity index (χ1n) is 2.02. The second kappa shape index (κ2) is 6.41. The van der Waals surface area contributed by atoms with Crippen molar-refractivity contribution in [3.05, 3.63) is 0 Å². The number of hydrogen-bond donors (Lipinski definition) is 2. The average Bonchev–Trinajstić information content (AvgIpc) is 1.97. The van der Waals surface area contributed by atoms with Gasteiger partial charge in [0.1, 0.15) is 0 Å². The average molecular weight is 176 g/mol. The molecule has 0 aliphatic rings. The summed E-state index contributed by atoms with van der Waals surface area (Å²) >= 11 is 0. The first-order chi connectivity index (χ1) is 4.81. The molecule has 7 heteroatoms. The zero-order chi connectivity index (χ0) is 7.82. The van der Waals surface area contributed by atoms with Crippen molar-refractivity contribution in [3.63, 3.8) is 0 Å². The van der Waals surface area contributed by atoms with Gasteiger partial charge in [0.25, 0.3) is 0 Å². The van der Waals surface area contributed by atoms with Crippen molar-refractivity contribution in [2.24, 2.45) is 0 Å². The molecular formula is C3H2N2O3P2. The van der Waals surface area contributed by atoms with Crippen LogP contribution in [0.4, 0.5) is 4.79 Å². The third-order valence-electron chi connectivity index (χ3n) is 0.430. The Hall–Kier alpha value is -0.710. The van der Waals surface area contributed by atoms with Gasteiger partial charge in [0.2, 0.25) is 0 Å². The van der Waals surface area contributed by atoms with Crippen molar-refractivity contribution in [2.75, 3.05) is 0 Å². The van der Waals surface area contributed by atoms with Crippen LogP contribution in [0.5, 0.6) is 0 Å². The van der Waals surface area contributed by atoms with Crippen LogP contribution in [-0.4, -0.2) is 6.03 Å². The Bertz CT molecular complexity index is 280. The van der Waals surface area contributed by atoms with Crippen molar-refractivity contribution >= 4 is 21.9 Å². The fourth-order valence-electron chi connectivity index (χ4n) is 0.178. The molecular weight excluding hydrogens is 174 g/mol. The van der Waals surface area contributed by atoms with Crippen LogP contribution in [0.15, 0.2) is 0 Å². The van der Waals surface area contributed by atoms with Gasteiger partial charge in [-0.2, -0.15) is 0 Å². The molecule has 0 saturated heterocycles. The third-order valence-corrected chi connectivity index (χ3v) is 0.836. The van der Waals surface area contributed by atoms with E-state index in [2.05, 4.69) is 0 Å². The maximum atomic E-state index is 10.3. The van der Waals surface area contributed by atoms with E-state index in [0.717, 1.165) is 0 Å². The predicted molar refractivity (Wildman–Crippen MR) is 34.7 cm³/mol. The molecule has 0 bridgehead atoms. The number of rotatable bonds is 0. The number of hydrogen-bond acceptors (Lipinski definition) is 3. The molecule has 0 fully saturated rings. The van der Waals surface area contributed by atoms with Crippen LogP contribution in [0.1, 0.15) is 0 Å². The number of carbonyl (C=O) groups is 1. The number of nitrogens with one attached hydrogen (secondary N) is 2. The molecule has 52 valence electrons. The Kier molecular flexibility index (Phi) is 5.96. The van der Waals surface area contributed by atoms with Crippen LogP contribution in [0.3, 0.4) is 0 Å². The van der Waals surface area contributed by atoms with E-state index < -0.39 is 21.9 Å². The standard InChI is InChI=1S/C3H2N2O3P2/c6-3(4-1-9-7)5-2-10-8/h(H2,4,5,6). The quantitative estimate of drug-likeness (QED) is 0.421. The van der Waals surface area contributed by atoms with Gasteiger partial charge in [-0.15, -0.1) is 0 Å². The molecule has 2 N–H and O–H groups in total. The fraction of sp³-hybridized carbons (Fsp3) is 0. The molecule has 0 aromatic rings. The van der Waals surface area contributed by atoms with Gasteiger partial charge in [-0.3, -0.25) is 0 Å². The van der Waals surface area contributed by atoms with E-state index in [4.69, 9.17) is 0 Å². The van der Waals surface area contributed by atoms with E-state index in [1.807, 2.05) is 22.1 Å². The number of amides is 2. The van der Waals surface area contributed by atoms with Gasteiger partial charge in [-0.05, 0) is 0 Å². The molecule has 0 atom stereocenters. The van der Waals surface area contributed by atoms with E-state index >= 15 is 0 Å². The van der Waals surface area contributed by atoms with Gasteiger partial charge >= 0.3 is 57.9 Å². The van der Waals surface area contributed by atoms with Crippen molar-refractivity contribution in [3.8, 4) is 11.5 Å². The third kappa shape index (κ3) is 5.43. The summed E-state index contributed by atoms with van der Waals surface area (Å²) in [4.78, 5) is 10.3. The van der Waals surface area contributed by atoms with Gasteiger partial charge in [-0.25, -0.2) is 0 Å². The van der Waals surface area contributed by atoms with Crippen molar-refractivity contribution < 1.29 is 13.9 Å². The number of carbonyl (C=O) groups excluding carboxylic acids is 1. The molecule has 0 aliphatic heterocycles. The molecule has 10 heavy (non-hydrogen) atoms. The van der Waals surface area contributed by atoms with E-state index in [9.17, 15) is 13.9 Å². The Morgan fingerprint density at radius 3 is 1.80 bits per heavy atom. The van der Waals surface area contributed by atoms with Crippen molar-refractivity contribution in [1.82, 2.24) is 10.6 Å². The zero-order valence-electron chi connectivity index (χ0n) is 4.62. The molecule has 0 heterocycles. The van der Waals surface area contributed by atoms with E-state index in [1.54, 1.807) is 0 Å². The molecule has 0 aromatic heterocycles. The topological polar surface area (TPSA) is 75.3 Å². The molecule has 0 unspecified atom stereocenters. The van der Waals surface area contributed by atoms with Crippen LogP contribution < -0.4 is 10.6 Å². The molecule has 5 nitrogen and oxygen atoms in total. The number of urea groups is 1. The van der Waals surface area contributed by atoms with Gasteiger partial charge < -0.3 is 0 Å². The Labute approximate surface area is 58.8 Å². The van der Waals surface area contributed by atoms with Crippen molar-refractivity contribution in [2.45, 2.75) is 0 Å². The van der Waals surface area contributed by atoms with E-state index in [0.29, 0.717) is 0 Å². The van der Waals surface area contributed by atoms with Crippen LogP contribution in [0.2, 0.25) is 0 Å². The van der Waals surface area contributed by atoms with Crippen LogP contribution in [0.25, 0.3) is 0 Å². The molecule has 0 spiro atoms. The molecule has 2 amide bonds. The minimum atomic E-state index is -0.688. The second-order valence-electron chi connectivity index (χ2n) is 0.985. The minimum absolute atomic E-state index is 0.421. The van der Waals surface area contributed by atoms with Crippen LogP contribution in [-0.2, 0) is 9.13 Å². The van der Waals surface area contributed by atoms with Crippen LogP contribution in [0, 0.1) is 11.5 Å².